The summed E-state index contributed by atoms with van der Waals surface area (Å²) in [4.78, 5) is 18.0. The molecule has 134 valence electrons. The molecule has 2 aliphatic carbocycles. The van der Waals surface area contributed by atoms with E-state index in [0.717, 1.165) is 18.8 Å². The lowest BCUT2D eigenvalue weighted by Crippen LogP contribution is -2.33. The van der Waals surface area contributed by atoms with E-state index in [2.05, 4.69) is 20.8 Å². The maximum absolute atomic E-state index is 11.1. The molecule has 0 bridgehead atoms. The average molecular weight is 352 g/mol. The highest BCUT2D eigenvalue weighted by Crippen LogP contribution is 2.54. The third-order valence-corrected chi connectivity index (χ3v) is 6.75. The molecule has 1 saturated carbocycles. The molecule has 3 rings (SSSR count). The van der Waals surface area contributed by atoms with Crippen LogP contribution in [-0.2, 0) is 11.0 Å². The van der Waals surface area contributed by atoms with Crippen molar-refractivity contribution >= 4 is 7.82 Å². The minimum Gasteiger partial charge on any atom is -0.404 e. The number of benzene rings is 1. The molecule has 3 atom stereocenters. The van der Waals surface area contributed by atoms with Crippen molar-refractivity contribution in [2.45, 2.75) is 65.2 Å². The predicted octanol–water partition coefficient (Wildman–Crippen LogP) is 5.04. The van der Waals surface area contributed by atoms with Crippen molar-refractivity contribution < 1.29 is 18.9 Å². The van der Waals surface area contributed by atoms with Crippen LogP contribution in [0.1, 0.15) is 69.9 Å². The summed E-state index contributed by atoms with van der Waals surface area (Å²) in [6, 6.07) is 5.57. The van der Waals surface area contributed by atoms with Crippen molar-refractivity contribution in [2.24, 2.45) is 17.3 Å². The minimum atomic E-state index is -4.49. The summed E-state index contributed by atoms with van der Waals surface area (Å²) in [5, 5.41) is 0. The smallest absolute Gasteiger partial charge is 0.404 e. The molecular weight excluding hydrogens is 323 g/mol. The zero-order valence-electron chi connectivity index (χ0n) is 14.9. The average Bonchev–Trinajstić information content (AvgIpc) is 2.83. The van der Waals surface area contributed by atoms with E-state index in [0.29, 0.717) is 17.3 Å². The quantitative estimate of drug-likeness (QED) is 0.745. The molecule has 1 aromatic carbocycles. The van der Waals surface area contributed by atoms with Crippen LogP contribution in [0.4, 0.5) is 0 Å². The number of hydrogen-bond acceptors (Lipinski definition) is 2. The summed E-state index contributed by atoms with van der Waals surface area (Å²) in [6.45, 7) is 7.10. The van der Waals surface area contributed by atoms with Crippen molar-refractivity contribution in [3.8, 4) is 5.75 Å². The predicted molar refractivity (Wildman–Crippen MR) is 95.1 cm³/mol. The molecule has 1 fully saturated rings. The van der Waals surface area contributed by atoms with Gasteiger partial charge in [-0.05, 0) is 78.5 Å². The number of phosphoric acid groups is 1. The van der Waals surface area contributed by atoms with Crippen LogP contribution in [0.25, 0.3) is 0 Å². The Morgan fingerprint density at radius 1 is 1.29 bits per heavy atom. The van der Waals surface area contributed by atoms with Gasteiger partial charge in [-0.1, -0.05) is 33.3 Å². The van der Waals surface area contributed by atoms with Crippen LogP contribution in [0.15, 0.2) is 18.2 Å². The first-order valence-electron chi connectivity index (χ1n) is 9.09. The first-order valence-corrected chi connectivity index (χ1v) is 10.6. The highest BCUT2D eigenvalue weighted by Gasteiger charge is 2.43. The van der Waals surface area contributed by atoms with Gasteiger partial charge in [-0.15, -0.1) is 0 Å². The molecule has 0 amide bonds. The Labute approximate surface area is 144 Å². The van der Waals surface area contributed by atoms with Crippen molar-refractivity contribution in [1.82, 2.24) is 0 Å². The van der Waals surface area contributed by atoms with Gasteiger partial charge in [0.2, 0.25) is 0 Å². The molecule has 3 unspecified atom stereocenters. The highest BCUT2D eigenvalue weighted by atomic mass is 31.2. The standard InChI is InChI=1S/C19H29O4P/c1-4-15-16-10-8-14(23-24(20,21)22)12-13(16)7-9-17(15)18-6-5-11-19(18,2)3/h8,10,12,15,17-18H,4-7,9,11H2,1-3H3,(H2,20,21,22). The van der Waals surface area contributed by atoms with Crippen LogP contribution in [0.5, 0.6) is 5.75 Å². The van der Waals surface area contributed by atoms with Gasteiger partial charge in [0.25, 0.3) is 0 Å². The van der Waals surface area contributed by atoms with Gasteiger partial charge in [0.05, 0.1) is 0 Å². The molecule has 0 radical (unpaired) electrons. The van der Waals surface area contributed by atoms with Gasteiger partial charge in [-0.25, -0.2) is 4.57 Å². The van der Waals surface area contributed by atoms with E-state index >= 15 is 0 Å². The maximum Gasteiger partial charge on any atom is 0.524 e. The fraction of sp³-hybridized carbons (Fsp3) is 0.684. The third-order valence-electron chi connectivity index (χ3n) is 6.30. The van der Waals surface area contributed by atoms with Gasteiger partial charge < -0.3 is 4.52 Å². The normalized spacial score (nSPS) is 29.3. The monoisotopic (exact) mass is 352 g/mol. The number of hydrogen-bond donors (Lipinski definition) is 2. The zero-order chi connectivity index (χ0) is 17.5. The second kappa shape index (κ2) is 6.48. The van der Waals surface area contributed by atoms with Gasteiger partial charge in [0.1, 0.15) is 5.75 Å². The molecule has 2 aliphatic rings. The van der Waals surface area contributed by atoms with Gasteiger partial charge in [-0.3, -0.25) is 9.79 Å². The SMILES string of the molecule is CCC1c2ccc(OP(=O)(O)O)cc2CCC1C1CCCC1(C)C. The summed E-state index contributed by atoms with van der Waals surface area (Å²) in [5.74, 6) is 2.31. The second-order valence-electron chi connectivity index (χ2n) is 8.15. The van der Waals surface area contributed by atoms with Crippen LogP contribution < -0.4 is 4.52 Å². The Morgan fingerprint density at radius 2 is 2.04 bits per heavy atom. The lowest BCUT2D eigenvalue weighted by Gasteiger charge is -2.42. The topological polar surface area (TPSA) is 66.8 Å². The van der Waals surface area contributed by atoms with Crippen molar-refractivity contribution in [1.29, 1.82) is 0 Å². The Balaban J connectivity index is 1.88. The molecule has 4 nitrogen and oxygen atoms in total. The Kier molecular flexibility index (Phi) is 4.85. The molecule has 0 heterocycles. The van der Waals surface area contributed by atoms with Gasteiger partial charge in [0.15, 0.2) is 0 Å². The van der Waals surface area contributed by atoms with E-state index in [1.54, 1.807) is 6.07 Å². The van der Waals surface area contributed by atoms with E-state index in [1.807, 2.05) is 12.1 Å². The van der Waals surface area contributed by atoms with Crippen molar-refractivity contribution in [3.05, 3.63) is 29.3 Å². The summed E-state index contributed by atoms with van der Waals surface area (Å²) >= 11 is 0. The number of phosphoric ester groups is 1. The van der Waals surface area contributed by atoms with Crippen LogP contribution >= 0.6 is 7.82 Å². The third kappa shape index (κ3) is 3.56. The highest BCUT2D eigenvalue weighted by molar-refractivity contribution is 7.46. The summed E-state index contributed by atoms with van der Waals surface area (Å²) in [5.41, 5.74) is 2.98. The van der Waals surface area contributed by atoms with Gasteiger partial charge >= 0.3 is 7.82 Å². The molecule has 2 N–H and O–H groups in total. The molecule has 0 aliphatic heterocycles. The van der Waals surface area contributed by atoms with E-state index in [4.69, 9.17) is 14.3 Å². The zero-order valence-corrected chi connectivity index (χ0v) is 15.8. The van der Waals surface area contributed by atoms with E-state index in [9.17, 15) is 4.57 Å². The lowest BCUT2D eigenvalue weighted by molar-refractivity contribution is 0.136. The first-order chi connectivity index (χ1) is 11.2. The fourth-order valence-corrected chi connectivity index (χ4v) is 5.65. The summed E-state index contributed by atoms with van der Waals surface area (Å²) < 4.78 is 15.8. The largest absolute Gasteiger partial charge is 0.524 e. The summed E-state index contributed by atoms with van der Waals surface area (Å²) in [6.07, 6.45) is 7.26. The van der Waals surface area contributed by atoms with E-state index in [-0.39, 0.29) is 5.75 Å². The molecule has 5 heteroatoms. The minimum absolute atomic E-state index is 0.275. The first kappa shape index (κ1) is 18.0. The molecule has 0 spiro atoms. The summed E-state index contributed by atoms with van der Waals surface area (Å²) in [7, 11) is -4.49. The molecular formula is C19H29O4P. The Morgan fingerprint density at radius 3 is 2.62 bits per heavy atom. The van der Waals surface area contributed by atoms with Crippen molar-refractivity contribution in [2.75, 3.05) is 0 Å². The Hall–Kier alpha value is -0.830. The number of aryl methyl sites for hydroxylation is 1. The number of fused-ring (bicyclic) bond motifs is 1. The fourth-order valence-electron chi connectivity index (χ4n) is 5.26. The van der Waals surface area contributed by atoms with E-state index < -0.39 is 7.82 Å². The van der Waals surface area contributed by atoms with Crippen LogP contribution in [0.2, 0.25) is 0 Å². The lowest BCUT2D eigenvalue weighted by atomic mass is 9.63. The molecule has 0 aromatic heterocycles. The van der Waals surface area contributed by atoms with Crippen LogP contribution in [0.3, 0.4) is 0 Å². The second-order valence-corrected chi connectivity index (χ2v) is 9.31. The molecule has 1 aromatic rings. The number of rotatable bonds is 4. The molecule has 24 heavy (non-hydrogen) atoms. The molecule has 0 saturated heterocycles. The maximum atomic E-state index is 11.1. The van der Waals surface area contributed by atoms with Crippen LogP contribution in [0, 0.1) is 17.3 Å². The van der Waals surface area contributed by atoms with Gasteiger partial charge in [-0.2, -0.15) is 0 Å². The van der Waals surface area contributed by atoms with E-state index in [1.165, 1.54) is 36.8 Å². The Bertz CT molecular complexity index is 649. The van der Waals surface area contributed by atoms with Crippen LogP contribution in [-0.4, -0.2) is 9.79 Å². The van der Waals surface area contributed by atoms with Gasteiger partial charge in [0, 0.05) is 0 Å². The van der Waals surface area contributed by atoms with Crippen molar-refractivity contribution in [3.63, 3.8) is 0 Å².